The Balaban J connectivity index is 1.81. The molecule has 1 amide bonds. The zero-order valence-electron chi connectivity index (χ0n) is 40.1. The molecular weight excluding hydrogens is 855 g/mol. The van der Waals surface area contributed by atoms with E-state index in [1.807, 2.05) is 11.8 Å². The van der Waals surface area contributed by atoms with Crippen LogP contribution in [0.5, 0.6) is 0 Å². The van der Waals surface area contributed by atoms with Gasteiger partial charge in [-0.2, -0.15) is 4.31 Å². The number of hydrogen-bond donors (Lipinski definition) is 6. The van der Waals surface area contributed by atoms with Crippen molar-refractivity contribution in [3.63, 3.8) is 0 Å². The maximum atomic E-state index is 14.4. The van der Waals surface area contributed by atoms with E-state index in [0.717, 1.165) is 4.31 Å². The molecule has 64 heavy (non-hydrogen) atoms. The van der Waals surface area contributed by atoms with E-state index in [0.29, 0.717) is 12.2 Å². The molecule has 0 aliphatic carbocycles. The lowest BCUT2D eigenvalue weighted by Gasteiger charge is -2.48. The highest BCUT2D eigenvalue weighted by Gasteiger charge is 2.53. The quantitative estimate of drug-likeness (QED) is 0.185. The average molecular weight is 932 g/mol. The average Bonchev–Trinajstić information content (AvgIpc) is 3.21. The van der Waals surface area contributed by atoms with Crippen LogP contribution in [0.25, 0.3) is 0 Å². The second-order valence-electron chi connectivity index (χ2n) is 19.4. The zero-order valence-corrected chi connectivity index (χ0v) is 40.9. The SMILES string of the molecule is CC[C@H]1OC(=O)[C@H](C)[C@@H](O[C@H]2C[C@@](C)(OC)[C@@H](O)[C@H](C)O2)[C@H](C)[C@@H](OC2O[C@H](C)C[C@H](N(C)S(=O)(=O)c3ccc(NC(C)=O)cc3)[C@H]2O)[C@](C)(O)C[C@@H](C)CN(C)[C@H](C)[C@@H](O)[C@]1(C)O. The zero-order chi connectivity index (χ0) is 48.4. The number of cyclic esters (lactones) is 1. The van der Waals surface area contributed by atoms with Crippen LogP contribution in [0.1, 0.15) is 102 Å². The van der Waals surface area contributed by atoms with E-state index < -0.39 is 118 Å². The van der Waals surface area contributed by atoms with Crippen molar-refractivity contribution in [1.29, 1.82) is 0 Å². The Morgan fingerprint density at radius 1 is 0.969 bits per heavy atom. The molecule has 4 rings (SSSR count). The topological polar surface area (TPSA) is 243 Å². The number of ether oxygens (including phenoxy) is 6. The normalized spacial score (nSPS) is 42.6. The van der Waals surface area contributed by atoms with Gasteiger partial charge in [-0.05, 0) is 105 Å². The van der Waals surface area contributed by atoms with Crippen LogP contribution in [0.3, 0.4) is 0 Å². The molecule has 3 heterocycles. The molecule has 3 aliphatic heterocycles. The molecule has 3 fully saturated rings. The van der Waals surface area contributed by atoms with Gasteiger partial charge < -0.3 is 64.2 Å². The lowest BCUT2D eigenvalue weighted by Crippen LogP contribution is -2.61. The number of carbonyl (C=O) groups is 2. The van der Waals surface area contributed by atoms with Crippen LogP contribution in [0.2, 0.25) is 0 Å². The van der Waals surface area contributed by atoms with E-state index in [1.165, 1.54) is 52.3 Å². The van der Waals surface area contributed by atoms with Crippen LogP contribution >= 0.6 is 0 Å². The van der Waals surface area contributed by atoms with Crippen LogP contribution in [0.15, 0.2) is 29.2 Å². The Bertz CT molecular complexity index is 1820. The molecule has 3 saturated heterocycles. The number of nitrogens with one attached hydrogen (secondary N) is 1. The number of benzene rings is 1. The second-order valence-corrected chi connectivity index (χ2v) is 21.4. The van der Waals surface area contributed by atoms with E-state index in [-0.39, 0.29) is 42.4 Å². The first-order valence-electron chi connectivity index (χ1n) is 22.4. The number of aliphatic hydroxyl groups excluding tert-OH is 3. The number of hydrogen-bond acceptors (Lipinski definition) is 16. The fourth-order valence-corrected chi connectivity index (χ4v) is 11.2. The molecule has 3 aliphatic rings. The van der Waals surface area contributed by atoms with Crippen molar-refractivity contribution < 1.29 is 72.0 Å². The highest BCUT2D eigenvalue weighted by molar-refractivity contribution is 7.89. The number of esters is 1. The lowest BCUT2D eigenvalue weighted by atomic mass is 9.77. The number of methoxy groups -OCH3 is 1. The molecule has 0 radical (unpaired) electrons. The molecule has 0 bridgehead atoms. The number of likely N-dealkylation sites (N-methyl/N-ethyl adjacent to an activating group) is 2. The molecular formula is C45H77N3O15S. The van der Waals surface area contributed by atoms with Gasteiger partial charge in [0.25, 0.3) is 0 Å². The minimum absolute atomic E-state index is 0.0437. The number of aliphatic hydroxyl groups is 5. The fourth-order valence-electron chi connectivity index (χ4n) is 9.84. The number of nitrogens with zero attached hydrogens (tertiary/aromatic N) is 2. The monoisotopic (exact) mass is 932 g/mol. The van der Waals surface area contributed by atoms with Crippen molar-refractivity contribution >= 4 is 27.6 Å². The predicted octanol–water partition coefficient (Wildman–Crippen LogP) is 2.62. The van der Waals surface area contributed by atoms with Crippen molar-refractivity contribution in [1.82, 2.24) is 9.21 Å². The third-order valence-corrected chi connectivity index (χ3v) is 15.8. The molecule has 1 aromatic carbocycles. The molecule has 0 aromatic heterocycles. The summed E-state index contributed by atoms with van der Waals surface area (Å²) >= 11 is 0. The Kier molecular flexibility index (Phi) is 18.0. The van der Waals surface area contributed by atoms with Crippen LogP contribution in [0, 0.1) is 17.8 Å². The smallest absolute Gasteiger partial charge is 0.311 e. The number of sulfonamides is 1. The molecule has 18 atom stereocenters. The molecule has 18 nitrogen and oxygen atoms in total. The van der Waals surface area contributed by atoms with Crippen molar-refractivity contribution in [3.05, 3.63) is 24.3 Å². The van der Waals surface area contributed by atoms with Gasteiger partial charge >= 0.3 is 5.97 Å². The van der Waals surface area contributed by atoms with Gasteiger partial charge in [-0.15, -0.1) is 0 Å². The number of rotatable bonds is 10. The highest BCUT2D eigenvalue weighted by Crippen LogP contribution is 2.40. The van der Waals surface area contributed by atoms with E-state index in [2.05, 4.69) is 5.32 Å². The Hall–Kier alpha value is -2.37. The summed E-state index contributed by atoms with van der Waals surface area (Å²) in [4.78, 5) is 27.8. The Morgan fingerprint density at radius 3 is 2.14 bits per heavy atom. The van der Waals surface area contributed by atoms with Crippen molar-refractivity contribution in [2.75, 3.05) is 33.1 Å². The predicted molar refractivity (Wildman–Crippen MR) is 236 cm³/mol. The molecule has 0 saturated carbocycles. The fraction of sp³-hybridized carbons (Fsp3) is 0.822. The maximum Gasteiger partial charge on any atom is 0.311 e. The van der Waals surface area contributed by atoms with Gasteiger partial charge in [-0.3, -0.25) is 9.59 Å². The first-order valence-corrected chi connectivity index (χ1v) is 23.9. The van der Waals surface area contributed by atoms with Crippen LogP contribution in [-0.4, -0.2) is 173 Å². The second kappa shape index (κ2) is 21.3. The summed E-state index contributed by atoms with van der Waals surface area (Å²) in [6, 6.07) is 3.97. The van der Waals surface area contributed by atoms with E-state index in [9.17, 15) is 43.5 Å². The summed E-state index contributed by atoms with van der Waals surface area (Å²) in [7, 11) is 0.390. The third-order valence-electron chi connectivity index (χ3n) is 13.9. The maximum absolute atomic E-state index is 14.4. The van der Waals surface area contributed by atoms with Gasteiger partial charge in [0.1, 0.15) is 30.0 Å². The molecule has 1 aromatic rings. The van der Waals surface area contributed by atoms with E-state index in [1.54, 1.807) is 62.4 Å². The number of carbonyl (C=O) groups excluding carboxylic acids is 2. The molecule has 0 spiro atoms. The summed E-state index contributed by atoms with van der Waals surface area (Å²) < 4.78 is 66.8. The van der Waals surface area contributed by atoms with Crippen LogP contribution in [0.4, 0.5) is 5.69 Å². The first-order chi connectivity index (χ1) is 29.5. The minimum Gasteiger partial charge on any atom is -0.459 e. The van der Waals surface area contributed by atoms with Gasteiger partial charge in [0.2, 0.25) is 15.9 Å². The molecule has 368 valence electrons. The van der Waals surface area contributed by atoms with Crippen molar-refractivity contribution in [2.45, 2.75) is 197 Å². The molecule has 19 heteroatoms. The standard InChI is InChI=1S/C45H77N3O15S/c1-15-34-45(11,55)38(51)28(6)47(12)23-24(2)21-43(9,54)40(26(4)37(27(5)41(53)61-34)62-35-22-44(10,58-14)39(52)29(7)60-35)63-42-36(50)33(20-25(3)59-42)48(13)64(56,57)32-18-16-31(17-19-32)46-30(8)49/h16-19,24-29,33-40,42,50-52,54-55H,15,20-23H2,1-14H3,(H,46,49)/t24-,25-,26+,27-,28-,29+,33+,34-,35+,36-,37+,38-,39+,40-,42?,43-,44-,45-/m1/s1. The lowest BCUT2D eigenvalue weighted by molar-refractivity contribution is -0.317. The van der Waals surface area contributed by atoms with Gasteiger partial charge in [-0.25, -0.2) is 8.42 Å². The number of amides is 1. The number of anilines is 1. The minimum atomic E-state index is -4.22. The summed E-state index contributed by atoms with van der Waals surface area (Å²) in [6.45, 7) is 18.5. The molecule has 6 N–H and O–H groups in total. The van der Waals surface area contributed by atoms with E-state index in [4.69, 9.17) is 28.4 Å². The van der Waals surface area contributed by atoms with Gasteiger partial charge in [-0.1, -0.05) is 20.8 Å². The Labute approximate surface area is 379 Å². The first kappa shape index (κ1) is 54.2. The summed E-state index contributed by atoms with van der Waals surface area (Å²) in [5, 5.41) is 61.8. The van der Waals surface area contributed by atoms with Gasteiger partial charge in [0, 0.05) is 51.7 Å². The van der Waals surface area contributed by atoms with Gasteiger partial charge in [0.15, 0.2) is 12.6 Å². The van der Waals surface area contributed by atoms with Crippen molar-refractivity contribution in [2.24, 2.45) is 17.8 Å². The van der Waals surface area contributed by atoms with Crippen LogP contribution < -0.4 is 5.32 Å². The largest absolute Gasteiger partial charge is 0.459 e. The molecule has 1 unspecified atom stereocenters. The third kappa shape index (κ3) is 12.0. The summed E-state index contributed by atoms with van der Waals surface area (Å²) in [6.07, 6.45) is -11.1. The van der Waals surface area contributed by atoms with E-state index >= 15 is 0 Å². The summed E-state index contributed by atoms with van der Waals surface area (Å²) in [5.74, 6) is -3.45. The van der Waals surface area contributed by atoms with Gasteiger partial charge in [0.05, 0.1) is 52.5 Å². The van der Waals surface area contributed by atoms with Crippen LogP contribution in [-0.2, 0) is 48.0 Å². The van der Waals surface area contributed by atoms with Crippen molar-refractivity contribution in [3.8, 4) is 0 Å². The Morgan fingerprint density at radius 2 is 1.58 bits per heavy atom. The highest BCUT2D eigenvalue weighted by atomic mass is 32.2. The summed E-state index contributed by atoms with van der Waals surface area (Å²) in [5.41, 5.74) is -4.33.